The first kappa shape index (κ1) is 15.0. The fourth-order valence-corrected chi connectivity index (χ4v) is 3.13. The Balaban J connectivity index is 1.96. The number of nitrogens with one attached hydrogen (secondary N) is 1. The molecule has 0 aliphatic heterocycles. The predicted octanol–water partition coefficient (Wildman–Crippen LogP) is 3.38. The van der Waals surface area contributed by atoms with Gasteiger partial charge in [-0.05, 0) is 31.0 Å². The molecule has 0 radical (unpaired) electrons. The largest absolute Gasteiger partial charge is 0.468 e. The van der Waals surface area contributed by atoms with Crippen LogP contribution in [-0.4, -0.2) is 30.9 Å². The second kappa shape index (κ2) is 6.84. The highest BCUT2D eigenvalue weighted by Gasteiger charge is 2.29. The van der Waals surface area contributed by atoms with E-state index < -0.39 is 0 Å². The van der Waals surface area contributed by atoms with Crippen LogP contribution >= 0.6 is 35.0 Å². The van der Waals surface area contributed by atoms with Gasteiger partial charge in [0.2, 0.25) is 0 Å². The van der Waals surface area contributed by atoms with E-state index >= 15 is 0 Å². The van der Waals surface area contributed by atoms with E-state index in [1.54, 1.807) is 18.2 Å². The van der Waals surface area contributed by atoms with Crippen molar-refractivity contribution in [2.75, 3.05) is 12.9 Å². The van der Waals surface area contributed by atoms with Gasteiger partial charge in [-0.1, -0.05) is 23.2 Å². The monoisotopic (exact) mass is 319 g/mol. The van der Waals surface area contributed by atoms with Crippen molar-refractivity contribution >= 4 is 40.9 Å². The summed E-state index contributed by atoms with van der Waals surface area (Å²) in [5.41, 5.74) is 0. The summed E-state index contributed by atoms with van der Waals surface area (Å²) >= 11 is 13.5. The highest BCUT2D eigenvalue weighted by atomic mass is 35.5. The fourth-order valence-electron chi connectivity index (χ4n) is 1.62. The van der Waals surface area contributed by atoms with Crippen molar-refractivity contribution in [1.82, 2.24) is 5.32 Å². The molecule has 19 heavy (non-hydrogen) atoms. The van der Waals surface area contributed by atoms with Crippen LogP contribution in [0.2, 0.25) is 10.0 Å². The van der Waals surface area contributed by atoms with Gasteiger partial charge < -0.3 is 10.1 Å². The Bertz CT molecular complexity index is 466. The number of benzene rings is 1. The van der Waals surface area contributed by atoms with Gasteiger partial charge in [0.25, 0.3) is 0 Å². The van der Waals surface area contributed by atoms with E-state index in [0.717, 1.165) is 17.7 Å². The lowest BCUT2D eigenvalue weighted by Crippen LogP contribution is -2.40. The van der Waals surface area contributed by atoms with Crippen LogP contribution in [0.3, 0.4) is 0 Å². The molecule has 1 unspecified atom stereocenters. The molecule has 0 spiro atoms. The standard InChI is InChI=1S/C13H15Cl2NO2S/c1-18-13(17)11(16-9-3-4-9)7-19-12-6-8(14)2-5-10(12)15/h2,5-6,9,11,16H,3-4,7H2,1H3. The third kappa shape index (κ3) is 4.56. The average Bonchev–Trinajstić information content (AvgIpc) is 3.21. The topological polar surface area (TPSA) is 38.3 Å². The summed E-state index contributed by atoms with van der Waals surface area (Å²) in [6.07, 6.45) is 2.24. The SMILES string of the molecule is COC(=O)C(CSc1cc(Cl)ccc1Cl)NC1CC1. The number of rotatable bonds is 6. The van der Waals surface area contributed by atoms with E-state index in [1.807, 2.05) is 0 Å². The number of esters is 1. The molecule has 1 aromatic rings. The van der Waals surface area contributed by atoms with Crippen molar-refractivity contribution in [3.63, 3.8) is 0 Å². The minimum Gasteiger partial charge on any atom is -0.468 e. The predicted molar refractivity (Wildman–Crippen MR) is 79.1 cm³/mol. The van der Waals surface area contributed by atoms with Gasteiger partial charge in [0.1, 0.15) is 6.04 Å². The van der Waals surface area contributed by atoms with Crippen molar-refractivity contribution in [2.24, 2.45) is 0 Å². The number of halogens is 2. The van der Waals surface area contributed by atoms with Crippen molar-refractivity contribution in [2.45, 2.75) is 29.8 Å². The van der Waals surface area contributed by atoms with Gasteiger partial charge >= 0.3 is 5.97 Å². The Morgan fingerprint density at radius 3 is 2.89 bits per heavy atom. The fraction of sp³-hybridized carbons (Fsp3) is 0.462. The summed E-state index contributed by atoms with van der Waals surface area (Å²) in [7, 11) is 1.40. The van der Waals surface area contributed by atoms with Gasteiger partial charge in [-0.15, -0.1) is 11.8 Å². The maximum Gasteiger partial charge on any atom is 0.323 e. The number of hydrogen-bond donors (Lipinski definition) is 1. The van der Waals surface area contributed by atoms with E-state index in [2.05, 4.69) is 5.32 Å². The number of hydrogen-bond acceptors (Lipinski definition) is 4. The van der Waals surface area contributed by atoms with Gasteiger partial charge in [0, 0.05) is 21.7 Å². The summed E-state index contributed by atoms with van der Waals surface area (Å²) in [4.78, 5) is 12.6. The molecule has 0 amide bonds. The summed E-state index contributed by atoms with van der Waals surface area (Å²) in [6.45, 7) is 0. The van der Waals surface area contributed by atoms with Crippen LogP contribution < -0.4 is 5.32 Å². The van der Waals surface area contributed by atoms with Crippen molar-refractivity contribution in [3.8, 4) is 0 Å². The molecule has 0 heterocycles. The van der Waals surface area contributed by atoms with Crippen LogP contribution in [0.15, 0.2) is 23.1 Å². The molecular formula is C13H15Cl2NO2S. The molecule has 1 aliphatic carbocycles. The van der Waals surface area contributed by atoms with Crippen molar-refractivity contribution in [1.29, 1.82) is 0 Å². The van der Waals surface area contributed by atoms with E-state index in [1.165, 1.54) is 18.9 Å². The highest BCUT2D eigenvalue weighted by molar-refractivity contribution is 7.99. The van der Waals surface area contributed by atoms with E-state index in [-0.39, 0.29) is 12.0 Å². The molecule has 1 atom stereocenters. The first-order chi connectivity index (χ1) is 9.10. The van der Waals surface area contributed by atoms with Gasteiger partial charge in [-0.3, -0.25) is 4.79 Å². The first-order valence-corrected chi connectivity index (χ1v) is 7.76. The maximum absolute atomic E-state index is 11.7. The molecule has 1 saturated carbocycles. The molecule has 1 fully saturated rings. The maximum atomic E-state index is 11.7. The normalized spacial score (nSPS) is 16.2. The molecule has 104 valence electrons. The van der Waals surface area contributed by atoms with Gasteiger partial charge in [0.15, 0.2) is 0 Å². The van der Waals surface area contributed by atoms with Crippen molar-refractivity contribution in [3.05, 3.63) is 28.2 Å². The minimum absolute atomic E-state index is 0.238. The highest BCUT2D eigenvalue weighted by Crippen LogP contribution is 2.31. The lowest BCUT2D eigenvalue weighted by Gasteiger charge is -2.16. The number of carbonyl (C=O) groups excluding carboxylic acids is 1. The average molecular weight is 320 g/mol. The van der Waals surface area contributed by atoms with Crippen LogP contribution in [0.4, 0.5) is 0 Å². The Morgan fingerprint density at radius 2 is 2.26 bits per heavy atom. The molecule has 2 rings (SSSR count). The zero-order chi connectivity index (χ0) is 13.8. The number of carbonyl (C=O) groups is 1. The Hall–Kier alpha value is -0.420. The van der Waals surface area contributed by atoms with Gasteiger partial charge in [-0.25, -0.2) is 0 Å². The summed E-state index contributed by atoms with van der Waals surface area (Å²) in [6, 6.07) is 5.44. The van der Waals surface area contributed by atoms with Crippen LogP contribution in [-0.2, 0) is 9.53 Å². The third-order valence-corrected chi connectivity index (χ3v) is 4.62. The summed E-state index contributed by atoms with van der Waals surface area (Å²) in [5.74, 6) is 0.334. The first-order valence-electron chi connectivity index (χ1n) is 6.02. The van der Waals surface area contributed by atoms with E-state index in [9.17, 15) is 4.79 Å². The number of methoxy groups -OCH3 is 1. The molecule has 0 saturated heterocycles. The summed E-state index contributed by atoms with van der Waals surface area (Å²) < 4.78 is 4.81. The Morgan fingerprint density at radius 1 is 1.53 bits per heavy atom. The lowest BCUT2D eigenvalue weighted by molar-refractivity contribution is -0.142. The summed E-state index contributed by atoms with van der Waals surface area (Å²) in [5, 5.41) is 4.55. The smallest absolute Gasteiger partial charge is 0.323 e. The Kier molecular flexibility index (Phi) is 5.39. The van der Waals surface area contributed by atoms with Crippen LogP contribution in [0.5, 0.6) is 0 Å². The van der Waals surface area contributed by atoms with Gasteiger partial charge in [-0.2, -0.15) is 0 Å². The molecule has 1 aliphatic rings. The quantitative estimate of drug-likeness (QED) is 0.644. The zero-order valence-electron chi connectivity index (χ0n) is 10.5. The van der Waals surface area contributed by atoms with E-state index in [0.29, 0.717) is 21.8 Å². The third-order valence-electron chi connectivity index (χ3n) is 2.80. The van der Waals surface area contributed by atoms with Gasteiger partial charge in [0.05, 0.1) is 12.1 Å². The molecule has 1 N–H and O–H groups in total. The molecule has 0 aromatic heterocycles. The second-order valence-electron chi connectivity index (χ2n) is 4.40. The lowest BCUT2D eigenvalue weighted by atomic mass is 10.3. The van der Waals surface area contributed by atoms with E-state index in [4.69, 9.17) is 27.9 Å². The number of ether oxygens (including phenoxy) is 1. The molecule has 0 bridgehead atoms. The molecule has 1 aromatic carbocycles. The number of thioether (sulfide) groups is 1. The second-order valence-corrected chi connectivity index (χ2v) is 6.31. The Labute approximate surface area is 127 Å². The zero-order valence-corrected chi connectivity index (χ0v) is 12.8. The molecule has 6 heteroatoms. The molecular weight excluding hydrogens is 305 g/mol. The molecule has 3 nitrogen and oxygen atoms in total. The van der Waals surface area contributed by atoms with Crippen molar-refractivity contribution < 1.29 is 9.53 Å². The minimum atomic E-state index is -0.308. The van der Waals surface area contributed by atoms with Crippen LogP contribution in [0.25, 0.3) is 0 Å². The van der Waals surface area contributed by atoms with Crippen LogP contribution in [0.1, 0.15) is 12.8 Å². The van der Waals surface area contributed by atoms with Crippen LogP contribution in [0, 0.1) is 0 Å².